The Morgan fingerprint density at radius 1 is 1.30 bits per heavy atom. The molecular weight excluding hydrogens is 292 g/mol. The van der Waals surface area contributed by atoms with Crippen LogP contribution < -0.4 is 10.6 Å². The van der Waals surface area contributed by atoms with Crippen molar-refractivity contribution in [2.75, 3.05) is 11.9 Å². The Balaban J connectivity index is 1.99. The second-order valence-electron chi connectivity index (χ2n) is 6.04. The van der Waals surface area contributed by atoms with Crippen molar-refractivity contribution >= 4 is 11.7 Å². The zero-order valence-corrected chi connectivity index (χ0v) is 13.8. The van der Waals surface area contributed by atoms with Crippen molar-refractivity contribution in [3.8, 4) is 5.69 Å². The fourth-order valence-electron chi connectivity index (χ4n) is 2.33. The minimum Gasteiger partial charge on any atom is -0.391 e. The molecule has 2 rings (SSSR count). The zero-order valence-electron chi connectivity index (χ0n) is 13.8. The third-order valence-electron chi connectivity index (χ3n) is 3.36. The molecule has 1 aromatic heterocycles. The quantitative estimate of drug-likeness (QED) is 0.766. The Kier molecular flexibility index (Phi) is 5.76. The van der Waals surface area contributed by atoms with E-state index in [2.05, 4.69) is 15.7 Å². The number of aryl methyl sites for hydroxylation is 1. The molecule has 0 saturated heterocycles. The van der Waals surface area contributed by atoms with Crippen molar-refractivity contribution in [1.29, 1.82) is 0 Å². The predicted octanol–water partition coefficient (Wildman–Crippen LogP) is 2.71. The molecule has 23 heavy (non-hydrogen) atoms. The van der Waals surface area contributed by atoms with Gasteiger partial charge in [-0.1, -0.05) is 26.0 Å². The molecule has 0 aliphatic rings. The monoisotopic (exact) mass is 316 g/mol. The van der Waals surface area contributed by atoms with Gasteiger partial charge in [0, 0.05) is 12.7 Å². The number of nitrogens with zero attached hydrogens (tertiary/aromatic N) is 2. The molecule has 0 bridgehead atoms. The number of benzene rings is 1. The summed E-state index contributed by atoms with van der Waals surface area (Å²) in [5.74, 6) is 0.388. The van der Waals surface area contributed by atoms with Gasteiger partial charge < -0.3 is 15.7 Å². The highest BCUT2D eigenvalue weighted by atomic mass is 16.3. The molecule has 0 fully saturated rings. The number of amides is 2. The van der Waals surface area contributed by atoms with Crippen LogP contribution in [0, 0.1) is 12.8 Å². The predicted molar refractivity (Wildman–Crippen MR) is 90.8 cm³/mol. The maximum absolute atomic E-state index is 12.0. The molecular formula is C17H24N4O2. The minimum absolute atomic E-state index is 0.229. The van der Waals surface area contributed by atoms with Gasteiger partial charge in [-0.3, -0.25) is 0 Å². The molecule has 1 heterocycles. The summed E-state index contributed by atoms with van der Waals surface area (Å²) in [7, 11) is 0. The molecule has 6 nitrogen and oxygen atoms in total. The molecule has 124 valence electrons. The normalized spacial score (nSPS) is 12.2. The van der Waals surface area contributed by atoms with Crippen LogP contribution in [0.4, 0.5) is 10.5 Å². The van der Waals surface area contributed by atoms with Gasteiger partial charge >= 0.3 is 6.03 Å². The van der Waals surface area contributed by atoms with Crippen LogP contribution in [0.15, 0.2) is 36.5 Å². The average molecular weight is 316 g/mol. The molecule has 0 aliphatic heterocycles. The second-order valence-corrected chi connectivity index (χ2v) is 6.04. The smallest absolute Gasteiger partial charge is 0.319 e. The molecule has 0 radical (unpaired) electrons. The highest BCUT2D eigenvalue weighted by molar-refractivity contribution is 5.91. The van der Waals surface area contributed by atoms with E-state index in [1.54, 1.807) is 4.68 Å². The van der Waals surface area contributed by atoms with Gasteiger partial charge in [-0.2, -0.15) is 5.10 Å². The van der Waals surface area contributed by atoms with Crippen LogP contribution in [-0.4, -0.2) is 33.6 Å². The SMILES string of the molecule is Cc1ccn(-c2ccccc2NC(=O)NCC(O)CC(C)C)n1. The number of hydrogen-bond donors (Lipinski definition) is 3. The van der Waals surface area contributed by atoms with E-state index in [0.29, 0.717) is 18.0 Å². The Hall–Kier alpha value is -2.34. The van der Waals surface area contributed by atoms with Crippen LogP contribution in [-0.2, 0) is 0 Å². The van der Waals surface area contributed by atoms with Gasteiger partial charge in [0.25, 0.3) is 0 Å². The van der Waals surface area contributed by atoms with Crippen LogP contribution >= 0.6 is 0 Å². The minimum atomic E-state index is -0.537. The number of urea groups is 1. The van der Waals surface area contributed by atoms with E-state index in [9.17, 15) is 9.90 Å². The first-order valence-electron chi connectivity index (χ1n) is 7.80. The number of carbonyl (C=O) groups excluding carboxylic acids is 1. The number of hydrogen-bond acceptors (Lipinski definition) is 3. The van der Waals surface area contributed by atoms with E-state index >= 15 is 0 Å². The summed E-state index contributed by atoms with van der Waals surface area (Å²) in [5.41, 5.74) is 2.35. The van der Waals surface area contributed by atoms with Gasteiger partial charge in [-0.05, 0) is 37.5 Å². The van der Waals surface area contributed by atoms with Crippen molar-refractivity contribution in [1.82, 2.24) is 15.1 Å². The lowest BCUT2D eigenvalue weighted by molar-refractivity contribution is 0.148. The van der Waals surface area contributed by atoms with Crippen molar-refractivity contribution in [2.24, 2.45) is 5.92 Å². The first-order chi connectivity index (χ1) is 11.0. The van der Waals surface area contributed by atoms with Crippen LogP contribution in [0.25, 0.3) is 5.69 Å². The number of anilines is 1. The Bertz CT molecular complexity index is 652. The number of aliphatic hydroxyl groups excluding tert-OH is 1. The number of rotatable bonds is 6. The lowest BCUT2D eigenvalue weighted by atomic mass is 10.1. The molecule has 0 saturated carbocycles. The van der Waals surface area contributed by atoms with E-state index in [1.807, 2.05) is 57.3 Å². The van der Waals surface area contributed by atoms with Crippen molar-refractivity contribution in [3.63, 3.8) is 0 Å². The topological polar surface area (TPSA) is 79.2 Å². The molecule has 3 N–H and O–H groups in total. The summed E-state index contributed by atoms with van der Waals surface area (Å²) < 4.78 is 1.72. The molecule has 0 spiro atoms. The average Bonchev–Trinajstić information content (AvgIpc) is 2.91. The second kappa shape index (κ2) is 7.78. The van der Waals surface area contributed by atoms with E-state index in [0.717, 1.165) is 11.4 Å². The van der Waals surface area contributed by atoms with Gasteiger partial charge in [0.1, 0.15) is 0 Å². The molecule has 1 aromatic carbocycles. The largest absolute Gasteiger partial charge is 0.391 e. The summed E-state index contributed by atoms with van der Waals surface area (Å²) in [6.07, 6.45) is 1.97. The maximum Gasteiger partial charge on any atom is 0.319 e. The summed E-state index contributed by atoms with van der Waals surface area (Å²) in [5, 5.41) is 19.7. The van der Waals surface area contributed by atoms with Gasteiger partial charge in [0.2, 0.25) is 0 Å². The molecule has 1 atom stereocenters. The van der Waals surface area contributed by atoms with E-state index < -0.39 is 6.10 Å². The van der Waals surface area contributed by atoms with Crippen molar-refractivity contribution < 1.29 is 9.90 Å². The first kappa shape index (κ1) is 17.0. The van der Waals surface area contributed by atoms with Crippen LogP contribution in [0.2, 0.25) is 0 Å². The maximum atomic E-state index is 12.0. The fraction of sp³-hybridized carbons (Fsp3) is 0.412. The number of carbonyl (C=O) groups is 1. The standard InChI is InChI=1S/C17H24N4O2/c1-12(2)10-14(22)11-18-17(23)19-15-6-4-5-7-16(15)21-9-8-13(3)20-21/h4-9,12,14,22H,10-11H2,1-3H3,(H2,18,19,23). The van der Waals surface area contributed by atoms with Crippen LogP contribution in [0.1, 0.15) is 26.0 Å². The van der Waals surface area contributed by atoms with Gasteiger partial charge in [0.05, 0.1) is 23.2 Å². The highest BCUT2D eigenvalue weighted by Gasteiger charge is 2.11. The van der Waals surface area contributed by atoms with Crippen molar-refractivity contribution in [3.05, 3.63) is 42.2 Å². The molecule has 6 heteroatoms. The summed E-state index contributed by atoms with van der Waals surface area (Å²) in [4.78, 5) is 12.0. The first-order valence-corrected chi connectivity index (χ1v) is 7.80. The number of aliphatic hydroxyl groups is 1. The van der Waals surface area contributed by atoms with Gasteiger partial charge in [-0.15, -0.1) is 0 Å². The van der Waals surface area contributed by atoms with Crippen LogP contribution in [0.5, 0.6) is 0 Å². The van der Waals surface area contributed by atoms with Crippen LogP contribution in [0.3, 0.4) is 0 Å². The van der Waals surface area contributed by atoms with E-state index in [4.69, 9.17) is 0 Å². The van der Waals surface area contributed by atoms with Gasteiger partial charge in [-0.25, -0.2) is 9.48 Å². The lowest BCUT2D eigenvalue weighted by Crippen LogP contribution is -2.36. The Morgan fingerprint density at radius 3 is 2.70 bits per heavy atom. The van der Waals surface area contributed by atoms with E-state index in [-0.39, 0.29) is 12.6 Å². The molecule has 1 unspecified atom stereocenters. The zero-order chi connectivity index (χ0) is 16.8. The van der Waals surface area contributed by atoms with Crippen molar-refractivity contribution in [2.45, 2.75) is 33.3 Å². The Morgan fingerprint density at radius 2 is 2.04 bits per heavy atom. The fourth-order valence-corrected chi connectivity index (χ4v) is 2.33. The number of para-hydroxylation sites is 2. The summed E-state index contributed by atoms with van der Waals surface area (Å²) in [6, 6.07) is 9.00. The number of aromatic nitrogens is 2. The third-order valence-corrected chi connectivity index (χ3v) is 3.36. The summed E-state index contributed by atoms with van der Waals surface area (Å²) in [6.45, 7) is 6.21. The molecule has 0 aliphatic carbocycles. The van der Waals surface area contributed by atoms with Gasteiger partial charge in [0.15, 0.2) is 0 Å². The molecule has 2 amide bonds. The third kappa shape index (κ3) is 5.10. The number of nitrogens with one attached hydrogen (secondary N) is 2. The highest BCUT2D eigenvalue weighted by Crippen LogP contribution is 2.19. The summed E-state index contributed by atoms with van der Waals surface area (Å²) >= 11 is 0. The lowest BCUT2D eigenvalue weighted by Gasteiger charge is -2.15. The molecule has 2 aromatic rings. The van der Waals surface area contributed by atoms with E-state index in [1.165, 1.54) is 0 Å². The Labute approximate surface area is 136 Å².